The van der Waals surface area contributed by atoms with Crippen LogP contribution in [0.4, 0.5) is 5.13 Å². The van der Waals surface area contributed by atoms with Crippen molar-refractivity contribution in [2.75, 3.05) is 37.9 Å². The van der Waals surface area contributed by atoms with Crippen LogP contribution in [0, 0.1) is 6.92 Å². The van der Waals surface area contributed by atoms with Crippen LogP contribution in [0.1, 0.15) is 18.2 Å². The SMILES string of the molecule is Cc1csc(N2CCN([C@@H](C)Cc3ccc4c(c3)OCO4)CC2)n1. The molecule has 2 aliphatic heterocycles. The predicted octanol–water partition coefficient (Wildman–Crippen LogP) is 2.93. The molecule has 3 heterocycles. The fraction of sp³-hybridized carbons (Fsp3) is 0.500. The summed E-state index contributed by atoms with van der Waals surface area (Å²) in [6.45, 7) is 9.00. The van der Waals surface area contributed by atoms with Crippen molar-refractivity contribution in [1.29, 1.82) is 0 Å². The number of benzene rings is 1. The summed E-state index contributed by atoms with van der Waals surface area (Å²) in [4.78, 5) is 9.58. The zero-order valence-corrected chi connectivity index (χ0v) is 15.0. The fourth-order valence-corrected chi connectivity index (χ4v) is 4.24. The van der Waals surface area contributed by atoms with Crippen LogP contribution in [-0.2, 0) is 6.42 Å². The number of aromatic nitrogens is 1. The second-order valence-electron chi connectivity index (χ2n) is 6.54. The molecule has 0 unspecified atom stereocenters. The van der Waals surface area contributed by atoms with E-state index in [1.165, 1.54) is 5.56 Å². The van der Waals surface area contributed by atoms with Gasteiger partial charge in [-0.1, -0.05) is 6.07 Å². The molecule has 0 saturated carbocycles. The first-order valence-corrected chi connectivity index (χ1v) is 9.36. The molecule has 0 amide bonds. The van der Waals surface area contributed by atoms with Crippen LogP contribution in [0.3, 0.4) is 0 Å². The summed E-state index contributed by atoms with van der Waals surface area (Å²) in [5.74, 6) is 1.74. The Balaban J connectivity index is 1.33. The van der Waals surface area contributed by atoms with Crippen molar-refractivity contribution < 1.29 is 9.47 Å². The van der Waals surface area contributed by atoms with E-state index >= 15 is 0 Å². The van der Waals surface area contributed by atoms with E-state index in [9.17, 15) is 0 Å². The standard InChI is InChI=1S/C18H23N3O2S/c1-13-11-24-18(19-13)21-7-5-20(6-8-21)14(2)9-15-3-4-16-17(10-15)23-12-22-16/h3-4,10-11,14H,5-9,12H2,1-2H3/t14-/m0/s1. The van der Waals surface area contributed by atoms with Gasteiger partial charge < -0.3 is 14.4 Å². The van der Waals surface area contributed by atoms with E-state index in [0.717, 1.165) is 54.9 Å². The second-order valence-corrected chi connectivity index (χ2v) is 7.37. The van der Waals surface area contributed by atoms with Crippen molar-refractivity contribution in [1.82, 2.24) is 9.88 Å². The lowest BCUT2D eigenvalue weighted by molar-refractivity contribution is 0.174. The summed E-state index contributed by atoms with van der Waals surface area (Å²) in [5.41, 5.74) is 2.43. The van der Waals surface area contributed by atoms with Gasteiger partial charge in [0.05, 0.1) is 5.69 Å². The van der Waals surface area contributed by atoms with E-state index in [4.69, 9.17) is 9.47 Å². The number of hydrogen-bond donors (Lipinski definition) is 0. The first kappa shape index (κ1) is 15.7. The highest BCUT2D eigenvalue weighted by molar-refractivity contribution is 7.13. The Kier molecular flexibility index (Phi) is 4.33. The highest BCUT2D eigenvalue weighted by Gasteiger charge is 2.23. The van der Waals surface area contributed by atoms with E-state index in [0.29, 0.717) is 12.8 Å². The van der Waals surface area contributed by atoms with Crippen molar-refractivity contribution in [3.8, 4) is 11.5 Å². The molecule has 4 rings (SSSR count). The van der Waals surface area contributed by atoms with Gasteiger partial charge in [0.15, 0.2) is 16.6 Å². The molecule has 0 aliphatic carbocycles. The Hall–Kier alpha value is -1.79. The number of aryl methyl sites for hydroxylation is 1. The molecule has 6 heteroatoms. The molecule has 2 aromatic rings. The average Bonchev–Trinajstić information content (AvgIpc) is 3.23. The number of ether oxygens (including phenoxy) is 2. The van der Waals surface area contributed by atoms with Crippen molar-refractivity contribution >= 4 is 16.5 Å². The molecule has 0 N–H and O–H groups in total. The van der Waals surface area contributed by atoms with Crippen molar-refractivity contribution in [2.45, 2.75) is 26.3 Å². The summed E-state index contributed by atoms with van der Waals surface area (Å²) in [6.07, 6.45) is 1.03. The van der Waals surface area contributed by atoms with Crippen LogP contribution >= 0.6 is 11.3 Å². The van der Waals surface area contributed by atoms with Crippen LogP contribution in [-0.4, -0.2) is 48.9 Å². The molecule has 1 saturated heterocycles. The number of hydrogen-bond acceptors (Lipinski definition) is 6. The highest BCUT2D eigenvalue weighted by atomic mass is 32.1. The number of anilines is 1. The zero-order chi connectivity index (χ0) is 16.5. The summed E-state index contributed by atoms with van der Waals surface area (Å²) in [6, 6.07) is 6.81. The van der Waals surface area contributed by atoms with E-state index < -0.39 is 0 Å². The van der Waals surface area contributed by atoms with Crippen LogP contribution in [0.2, 0.25) is 0 Å². The fourth-order valence-electron chi connectivity index (χ4n) is 3.38. The maximum Gasteiger partial charge on any atom is 0.231 e. The van der Waals surface area contributed by atoms with Crippen molar-refractivity contribution in [3.05, 3.63) is 34.8 Å². The molecule has 24 heavy (non-hydrogen) atoms. The van der Waals surface area contributed by atoms with Crippen molar-refractivity contribution in [2.24, 2.45) is 0 Å². The molecule has 0 bridgehead atoms. The van der Waals surface area contributed by atoms with Gasteiger partial charge in [0.2, 0.25) is 6.79 Å². The van der Waals surface area contributed by atoms with Gasteiger partial charge in [-0.2, -0.15) is 0 Å². The lowest BCUT2D eigenvalue weighted by Gasteiger charge is -2.38. The molecular formula is C18H23N3O2S. The van der Waals surface area contributed by atoms with Crippen molar-refractivity contribution in [3.63, 3.8) is 0 Å². The van der Waals surface area contributed by atoms with Gasteiger partial charge in [0.25, 0.3) is 0 Å². The second kappa shape index (κ2) is 6.61. The molecule has 2 aliphatic rings. The monoisotopic (exact) mass is 345 g/mol. The van der Waals surface area contributed by atoms with E-state index in [2.05, 4.69) is 46.1 Å². The van der Waals surface area contributed by atoms with E-state index in [-0.39, 0.29) is 0 Å². The summed E-state index contributed by atoms with van der Waals surface area (Å²) in [5, 5.41) is 3.29. The predicted molar refractivity (Wildman–Crippen MR) is 96.4 cm³/mol. The molecule has 5 nitrogen and oxygen atoms in total. The van der Waals surface area contributed by atoms with Crippen LogP contribution in [0.15, 0.2) is 23.6 Å². The Morgan fingerprint density at radius 1 is 1.17 bits per heavy atom. The first-order valence-electron chi connectivity index (χ1n) is 8.49. The third-order valence-corrected chi connectivity index (χ3v) is 5.80. The minimum absolute atomic E-state index is 0.340. The van der Waals surface area contributed by atoms with E-state index in [1.807, 2.05) is 6.07 Å². The molecule has 1 atom stereocenters. The van der Waals surface area contributed by atoms with Gasteiger partial charge in [0, 0.05) is 37.6 Å². The summed E-state index contributed by atoms with van der Waals surface area (Å²) in [7, 11) is 0. The number of piperazine rings is 1. The smallest absolute Gasteiger partial charge is 0.231 e. The highest BCUT2D eigenvalue weighted by Crippen LogP contribution is 2.33. The van der Waals surface area contributed by atoms with Crippen LogP contribution in [0.25, 0.3) is 0 Å². The number of thiazole rings is 1. The Morgan fingerprint density at radius 2 is 1.96 bits per heavy atom. The lowest BCUT2D eigenvalue weighted by atomic mass is 10.0. The molecule has 1 fully saturated rings. The van der Waals surface area contributed by atoms with E-state index in [1.54, 1.807) is 11.3 Å². The Labute approximate surface area is 146 Å². The molecule has 0 spiro atoms. The van der Waals surface area contributed by atoms with Gasteiger partial charge in [-0.25, -0.2) is 4.98 Å². The summed E-state index contributed by atoms with van der Waals surface area (Å²) >= 11 is 1.75. The molecular weight excluding hydrogens is 322 g/mol. The van der Waals surface area contributed by atoms with Gasteiger partial charge in [-0.15, -0.1) is 11.3 Å². The maximum absolute atomic E-state index is 5.48. The van der Waals surface area contributed by atoms with Gasteiger partial charge in [-0.3, -0.25) is 4.90 Å². The van der Waals surface area contributed by atoms with Gasteiger partial charge >= 0.3 is 0 Å². The van der Waals surface area contributed by atoms with Gasteiger partial charge in [-0.05, 0) is 38.0 Å². The Morgan fingerprint density at radius 3 is 2.71 bits per heavy atom. The zero-order valence-electron chi connectivity index (χ0n) is 14.2. The lowest BCUT2D eigenvalue weighted by Crippen LogP contribution is -2.50. The van der Waals surface area contributed by atoms with Crippen LogP contribution in [0.5, 0.6) is 11.5 Å². The minimum atomic E-state index is 0.340. The number of rotatable bonds is 4. The molecule has 1 aromatic heterocycles. The largest absolute Gasteiger partial charge is 0.454 e. The van der Waals surface area contributed by atoms with Gasteiger partial charge in [0.1, 0.15) is 0 Å². The quantitative estimate of drug-likeness (QED) is 0.852. The average molecular weight is 345 g/mol. The minimum Gasteiger partial charge on any atom is -0.454 e. The molecule has 128 valence electrons. The Bertz CT molecular complexity index is 710. The first-order chi connectivity index (χ1) is 11.7. The summed E-state index contributed by atoms with van der Waals surface area (Å²) < 4.78 is 10.9. The van der Waals surface area contributed by atoms with Crippen LogP contribution < -0.4 is 14.4 Å². The maximum atomic E-state index is 5.48. The number of nitrogens with zero attached hydrogens (tertiary/aromatic N) is 3. The third-order valence-electron chi connectivity index (χ3n) is 4.78. The third kappa shape index (κ3) is 3.21. The topological polar surface area (TPSA) is 37.8 Å². The normalized spacial score (nSPS) is 18.8. The number of fused-ring (bicyclic) bond motifs is 1. The molecule has 1 aromatic carbocycles. The molecule has 0 radical (unpaired) electrons.